The second-order valence-corrected chi connectivity index (χ2v) is 6.18. The van der Waals surface area contributed by atoms with Gasteiger partial charge in [-0.05, 0) is 43.9 Å². The smallest absolute Gasteiger partial charge is 0.244 e. The first-order chi connectivity index (χ1) is 10.0. The number of rotatable bonds is 4. The zero-order valence-corrected chi connectivity index (χ0v) is 13.0. The van der Waals surface area contributed by atoms with Gasteiger partial charge in [-0.15, -0.1) is 0 Å². The third-order valence-electron chi connectivity index (χ3n) is 4.34. The number of carbonyl (C=O) groups excluding carboxylic acids is 1. The van der Waals surface area contributed by atoms with Crippen LogP contribution in [0.3, 0.4) is 0 Å². The Labute approximate surface area is 127 Å². The van der Waals surface area contributed by atoms with Crippen LogP contribution in [-0.4, -0.2) is 23.2 Å². The molecule has 0 saturated heterocycles. The van der Waals surface area contributed by atoms with Crippen molar-refractivity contribution < 1.29 is 9.90 Å². The van der Waals surface area contributed by atoms with Crippen molar-refractivity contribution in [2.24, 2.45) is 0 Å². The number of hydrogen-bond acceptors (Lipinski definition) is 2. The van der Waals surface area contributed by atoms with E-state index in [4.69, 9.17) is 0 Å². The highest BCUT2D eigenvalue weighted by atomic mass is 16.3. The van der Waals surface area contributed by atoms with Crippen molar-refractivity contribution >= 4 is 12.0 Å². The average molecular weight is 287 g/mol. The number of nitrogens with one attached hydrogen (secondary N) is 1. The van der Waals surface area contributed by atoms with Crippen LogP contribution in [0.15, 0.2) is 24.3 Å². The first-order valence-electron chi connectivity index (χ1n) is 7.73. The van der Waals surface area contributed by atoms with Crippen molar-refractivity contribution in [3.05, 3.63) is 41.0 Å². The van der Waals surface area contributed by atoms with E-state index in [1.54, 1.807) is 6.08 Å². The molecule has 0 bridgehead atoms. The molecule has 1 aliphatic rings. The molecule has 0 heterocycles. The van der Waals surface area contributed by atoms with E-state index in [1.165, 1.54) is 12.0 Å². The van der Waals surface area contributed by atoms with Crippen LogP contribution in [-0.2, 0) is 4.79 Å². The molecule has 3 nitrogen and oxygen atoms in total. The molecule has 114 valence electrons. The van der Waals surface area contributed by atoms with Gasteiger partial charge in [0.2, 0.25) is 5.91 Å². The number of amides is 1. The Morgan fingerprint density at radius 3 is 2.62 bits per heavy atom. The summed E-state index contributed by atoms with van der Waals surface area (Å²) in [6.45, 7) is 4.12. The van der Waals surface area contributed by atoms with Crippen molar-refractivity contribution in [2.75, 3.05) is 6.61 Å². The Balaban J connectivity index is 2.01. The Kier molecular flexibility index (Phi) is 5.18. The Hall–Kier alpha value is -1.61. The van der Waals surface area contributed by atoms with Gasteiger partial charge in [-0.3, -0.25) is 4.79 Å². The fourth-order valence-corrected chi connectivity index (χ4v) is 3.03. The van der Waals surface area contributed by atoms with Crippen LogP contribution in [0.2, 0.25) is 0 Å². The highest BCUT2D eigenvalue weighted by molar-refractivity contribution is 5.92. The van der Waals surface area contributed by atoms with Gasteiger partial charge in [0.15, 0.2) is 0 Å². The molecule has 1 aromatic rings. The molecule has 0 unspecified atom stereocenters. The van der Waals surface area contributed by atoms with Gasteiger partial charge in [0.05, 0.1) is 12.1 Å². The van der Waals surface area contributed by atoms with E-state index in [-0.39, 0.29) is 12.5 Å². The summed E-state index contributed by atoms with van der Waals surface area (Å²) in [5.74, 6) is -0.120. The van der Waals surface area contributed by atoms with E-state index in [9.17, 15) is 9.90 Å². The van der Waals surface area contributed by atoms with Gasteiger partial charge in [-0.1, -0.05) is 43.0 Å². The minimum atomic E-state index is -0.415. The summed E-state index contributed by atoms with van der Waals surface area (Å²) in [5.41, 5.74) is 3.02. The van der Waals surface area contributed by atoms with Crippen LogP contribution < -0.4 is 5.32 Å². The van der Waals surface area contributed by atoms with Gasteiger partial charge in [-0.2, -0.15) is 0 Å². The predicted molar refractivity (Wildman–Crippen MR) is 86.0 cm³/mol. The molecule has 1 aromatic carbocycles. The van der Waals surface area contributed by atoms with E-state index >= 15 is 0 Å². The normalized spacial score (nSPS) is 17.9. The van der Waals surface area contributed by atoms with Gasteiger partial charge in [0.25, 0.3) is 0 Å². The fraction of sp³-hybridized carbons (Fsp3) is 0.500. The summed E-state index contributed by atoms with van der Waals surface area (Å²) in [4.78, 5) is 12.1. The molecule has 1 aliphatic carbocycles. The standard InChI is InChI=1S/C18H25NO2/c1-14-6-7-16(15(2)12-14)8-9-17(21)19-18(13-20)10-4-3-5-11-18/h6-9,12,20H,3-5,10-11,13H2,1-2H3,(H,19,21). The zero-order valence-electron chi connectivity index (χ0n) is 13.0. The average Bonchev–Trinajstić information content (AvgIpc) is 2.47. The predicted octanol–water partition coefficient (Wildman–Crippen LogP) is 3.13. The number of carbonyl (C=O) groups is 1. The zero-order chi connectivity index (χ0) is 15.3. The molecule has 0 aliphatic heterocycles. The van der Waals surface area contributed by atoms with Gasteiger partial charge >= 0.3 is 0 Å². The molecular formula is C18H25NO2. The summed E-state index contributed by atoms with van der Waals surface area (Å²) in [5, 5.41) is 12.6. The monoisotopic (exact) mass is 287 g/mol. The Morgan fingerprint density at radius 2 is 2.00 bits per heavy atom. The van der Waals surface area contributed by atoms with Crippen LogP contribution >= 0.6 is 0 Å². The van der Waals surface area contributed by atoms with E-state index in [1.807, 2.05) is 25.1 Å². The molecule has 0 aromatic heterocycles. The lowest BCUT2D eigenvalue weighted by molar-refractivity contribution is -0.119. The second kappa shape index (κ2) is 6.90. The third-order valence-corrected chi connectivity index (χ3v) is 4.34. The van der Waals surface area contributed by atoms with Gasteiger partial charge in [-0.25, -0.2) is 0 Å². The second-order valence-electron chi connectivity index (χ2n) is 6.18. The molecule has 1 amide bonds. The number of aliphatic hydroxyl groups excluding tert-OH is 1. The topological polar surface area (TPSA) is 49.3 Å². The van der Waals surface area contributed by atoms with Crippen LogP contribution in [0.25, 0.3) is 6.08 Å². The summed E-state index contributed by atoms with van der Waals surface area (Å²) in [6, 6.07) is 6.17. The third kappa shape index (κ3) is 4.18. The van der Waals surface area contributed by atoms with Crippen molar-refractivity contribution in [2.45, 2.75) is 51.5 Å². The first-order valence-corrected chi connectivity index (χ1v) is 7.73. The molecule has 2 N–H and O–H groups in total. The van der Waals surface area contributed by atoms with Crippen LogP contribution in [0.5, 0.6) is 0 Å². The maximum absolute atomic E-state index is 12.1. The molecule has 1 fully saturated rings. The maximum Gasteiger partial charge on any atom is 0.244 e. The van der Waals surface area contributed by atoms with Gasteiger partial charge in [0.1, 0.15) is 0 Å². The summed E-state index contributed by atoms with van der Waals surface area (Å²) >= 11 is 0. The number of aryl methyl sites for hydroxylation is 2. The molecule has 0 spiro atoms. The Morgan fingerprint density at radius 1 is 1.29 bits per heavy atom. The highest BCUT2D eigenvalue weighted by Crippen LogP contribution is 2.27. The lowest BCUT2D eigenvalue weighted by atomic mass is 9.82. The summed E-state index contributed by atoms with van der Waals surface area (Å²) in [7, 11) is 0. The van der Waals surface area contributed by atoms with Crippen LogP contribution in [0.4, 0.5) is 0 Å². The molecule has 0 radical (unpaired) electrons. The van der Waals surface area contributed by atoms with Crippen LogP contribution in [0.1, 0.15) is 48.8 Å². The highest BCUT2D eigenvalue weighted by Gasteiger charge is 2.32. The van der Waals surface area contributed by atoms with Crippen molar-refractivity contribution in [3.8, 4) is 0 Å². The van der Waals surface area contributed by atoms with E-state index in [0.29, 0.717) is 0 Å². The Bertz CT molecular complexity index is 528. The number of aliphatic hydroxyl groups is 1. The molecular weight excluding hydrogens is 262 g/mol. The molecule has 1 saturated carbocycles. The maximum atomic E-state index is 12.1. The van der Waals surface area contributed by atoms with Crippen molar-refractivity contribution in [3.63, 3.8) is 0 Å². The minimum Gasteiger partial charge on any atom is -0.394 e. The fourth-order valence-electron chi connectivity index (χ4n) is 3.03. The van der Waals surface area contributed by atoms with E-state index in [2.05, 4.69) is 18.3 Å². The van der Waals surface area contributed by atoms with Gasteiger partial charge in [0, 0.05) is 6.08 Å². The van der Waals surface area contributed by atoms with Gasteiger partial charge < -0.3 is 10.4 Å². The first kappa shape index (κ1) is 15.8. The summed E-state index contributed by atoms with van der Waals surface area (Å²) in [6.07, 6.45) is 8.49. The lowest BCUT2D eigenvalue weighted by Gasteiger charge is -2.36. The quantitative estimate of drug-likeness (QED) is 0.836. The molecule has 3 heteroatoms. The van der Waals surface area contributed by atoms with Crippen molar-refractivity contribution in [1.29, 1.82) is 0 Å². The van der Waals surface area contributed by atoms with E-state index < -0.39 is 5.54 Å². The number of benzene rings is 1. The van der Waals surface area contributed by atoms with Crippen molar-refractivity contribution in [1.82, 2.24) is 5.32 Å². The molecule has 21 heavy (non-hydrogen) atoms. The van der Waals surface area contributed by atoms with E-state index in [0.717, 1.165) is 36.8 Å². The number of hydrogen-bond donors (Lipinski definition) is 2. The minimum absolute atomic E-state index is 0.0239. The van der Waals surface area contributed by atoms with Crippen LogP contribution in [0, 0.1) is 13.8 Å². The lowest BCUT2D eigenvalue weighted by Crippen LogP contribution is -2.52. The summed E-state index contributed by atoms with van der Waals surface area (Å²) < 4.78 is 0. The molecule has 0 atom stereocenters. The largest absolute Gasteiger partial charge is 0.394 e. The SMILES string of the molecule is Cc1ccc(C=CC(=O)NC2(CO)CCCCC2)c(C)c1. The molecule has 2 rings (SSSR count).